The summed E-state index contributed by atoms with van der Waals surface area (Å²) in [5.41, 5.74) is 7.44. The van der Waals surface area contributed by atoms with Gasteiger partial charge >= 0.3 is 6.09 Å². The second-order valence-electron chi connectivity index (χ2n) is 8.52. The van der Waals surface area contributed by atoms with Crippen LogP contribution in [0.3, 0.4) is 0 Å². The van der Waals surface area contributed by atoms with Crippen LogP contribution in [0.15, 0.2) is 24.3 Å². The summed E-state index contributed by atoms with van der Waals surface area (Å²) < 4.78 is 5.81. The Balaban J connectivity index is 1.33. The number of carbonyl (C=O) groups excluding carboxylic acids is 1. The molecule has 1 saturated heterocycles. The normalized spacial score (nSPS) is 19.4. The number of amides is 1. The number of nitrogens with zero attached hydrogens (tertiary/aromatic N) is 1. The molecule has 3 rings (SSSR count). The molecule has 1 aliphatic heterocycles. The molecular formula is C23H36N4O2. The van der Waals surface area contributed by atoms with Crippen LogP contribution in [0.1, 0.15) is 68.9 Å². The van der Waals surface area contributed by atoms with Gasteiger partial charge in [-0.15, -0.1) is 0 Å². The maximum Gasteiger partial charge on any atom is 0.410 e. The molecule has 6 heteroatoms. The Morgan fingerprint density at radius 2 is 1.66 bits per heavy atom. The third-order valence-electron chi connectivity index (χ3n) is 6.22. The molecule has 2 aliphatic rings. The van der Waals surface area contributed by atoms with Crippen molar-refractivity contribution >= 4 is 11.9 Å². The lowest BCUT2D eigenvalue weighted by molar-refractivity contribution is 0.0423. The van der Waals surface area contributed by atoms with Crippen molar-refractivity contribution in [1.29, 1.82) is 5.41 Å². The minimum Gasteiger partial charge on any atom is -0.446 e. The minimum absolute atomic E-state index is 0.101. The third kappa shape index (κ3) is 7.03. The van der Waals surface area contributed by atoms with Gasteiger partial charge in [0.05, 0.1) is 0 Å². The summed E-state index contributed by atoms with van der Waals surface area (Å²) in [5, 5.41) is 11.0. The van der Waals surface area contributed by atoms with E-state index in [9.17, 15) is 4.79 Å². The third-order valence-corrected chi connectivity index (χ3v) is 6.22. The molecule has 0 unspecified atom stereocenters. The highest BCUT2D eigenvalue weighted by atomic mass is 16.6. The predicted octanol–water partition coefficient (Wildman–Crippen LogP) is 4.02. The van der Waals surface area contributed by atoms with E-state index in [1.807, 2.05) is 29.2 Å². The number of nitrogens with one attached hydrogen (secondary N) is 2. The van der Waals surface area contributed by atoms with Gasteiger partial charge in [0.1, 0.15) is 11.9 Å². The number of amidine groups is 1. The average molecular weight is 401 g/mol. The summed E-state index contributed by atoms with van der Waals surface area (Å²) in [6.45, 7) is 3.36. The fraction of sp³-hybridized carbons (Fsp3) is 0.652. The van der Waals surface area contributed by atoms with Crippen LogP contribution < -0.4 is 11.1 Å². The van der Waals surface area contributed by atoms with Crippen LogP contribution in [0, 0.1) is 11.3 Å². The number of rotatable bonds is 6. The molecule has 1 aromatic rings. The van der Waals surface area contributed by atoms with Crippen molar-refractivity contribution in [3.05, 3.63) is 35.4 Å². The fourth-order valence-corrected chi connectivity index (χ4v) is 4.30. The van der Waals surface area contributed by atoms with Crippen LogP contribution in [0.25, 0.3) is 0 Å². The van der Waals surface area contributed by atoms with Crippen LogP contribution in [-0.2, 0) is 11.3 Å². The maximum atomic E-state index is 12.5. The molecule has 6 nitrogen and oxygen atoms in total. The standard InChI is InChI=1S/C23H36N4O2/c24-22(25)20-10-8-18(9-11-20)16-26-17-19-12-14-27(15-13-19)23(28)29-21-6-4-2-1-3-5-7-21/h8-11,19,21,26H,1-7,12-17H2,(H3,24,25). The maximum absolute atomic E-state index is 12.5. The van der Waals surface area contributed by atoms with Gasteiger partial charge < -0.3 is 20.7 Å². The fourth-order valence-electron chi connectivity index (χ4n) is 4.30. The average Bonchev–Trinajstić information content (AvgIpc) is 2.71. The number of hydrogen-bond donors (Lipinski definition) is 3. The zero-order valence-corrected chi connectivity index (χ0v) is 17.5. The highest BCUT2D eigenvalue weighted by Crippen LogP contribution is 2.22. The summed E-state index contributed by atoms with van der Waals surface area (Å²) in [6.07, 6.45) is 10.4. The highest BCUT2D eigenvalue weighted by molar-refractivity contribution is 5.94. The zero-order valence-electron chi connectivity index (χ0n) is 17.5. The number of hydrogen-bond acceptors (Lipinski definition) is 4. The molecular weight excluding hydrogens is 364 g/mol. The second-order valence-corrected chi connectivity index (χ2v) is 8.52. The van der Waals surface area contributed by atoms with Crippen LogP contribution in [-0.4, -0.2) is 42.6 Å². The number of benzene rings is 1. The summed E-state index contributed by atoms with van der Waals surface area (Å²) in [7, 11) is 0. The van der Waals surface area contributed by atoms with E-state index in [-0.39, 0.29) is 18.0 Å². The second kappa shape index (κ2) is 11.2. The van der Waals surface area contributed by atoms with Crippen molar-refractivity contribution in [2.24, 2.45) is 11.7 Å². The van der Waals surface area contributed by atoms with Crippen molar-refractivity contribution < 1.29 is 9.53 Å². The van der Waals surface area contributed by atoms with Gasteiger partial charge in [0.2, 0.25) is 0 Å². The molecule has 0 radical (unpaired) electrons. The summed E-state index contributed by atoms with van der Waals surface area (Å²) in [4.78, 5) is 14.4. The Morgan fingerprint density at radius 1 is 1.03 bits per heavy atom. The molecule has 1 amide bonds. The lowest BCUT2D eigenvalue weighted by Crippen LogP contribution is -2.42. The van der Waals surface area contributed by atoms with Crippen LogP contribution in [0.4, 0.5) is 4.79 Å². The first-order valence-corrected chi connectivity index (χ1v) is 11.2. The van der Waals surface area contributed by atoms with E-state index in [2.05, 4.69) is 5.32 Å². The van der Waals surface area contributed by atoms with E-state index in [1.54, 1.807) is 0 Å². The Hall–Kier alpha value is -2.08. The summed E-state index contributed by atoms with van der Waals surface area (Å²) in [5.74, 6) is 0.696. The topological polar surface area (TPSA) is 91.4 Å². The van der Waals surface area contributed by atoms with Gasteiger partial charge in [0, 0.05) is 25.2 Å². The first kappa shape index (κ1) is 21.6. The summed E-state index contributed by atoms with van der Waals surface area (Å²) in [6, 6.07) is 7.80. The van der Waals surface area contributed by atoms with Crippen LogP contribution in [0.5, 0.6) is 0 Å². The molecule has 4 N–H and O–H groups in total. The first-order chi connectivity index (χ1) is 14.1. The van der Waals surface area contributed by atoms with Crippen LogP contribution >= 0.6 is 0 Å². The largest absolute Gasteiger partial charge is 0.446 e. The van der Waals surface area contributed by atoms with E-state index in [0.29, 0.717) is 5.92 Å². The van der Waals surface area contributed by atoms with Gasteiger partial charge in [0.15, 0.2) is 0 Å². The van der Waals surface area contributed by atoms with Crippen molar-refractivity contribution in [2.75, 3.05) is 19.6 Å². The first-order valence-electron chi connectivity index (χ1n) is 11.2. The molecule has 1 heterocycles. The smallest absolute Gasteiger partial charge is 0.410 e. The lowest BCUT2D eigenvalue weighted by Gasteiger charge is -2.33. The Morgan fingerprint density at radius 3 is 2.28 bits per heavy atom. The molecule has 2 fully saturated rings. The van der Waals surface area contributed by atoms with Crippen molar-refractivity contribution in [3.8, 4) is 0 Å². The predicted molar refractivity (Wildman–Crippen MR) is 116 cm³/mol. The Labute approximate surface area is 174 Å². The van der Waals surface area contributed by atoms with Crippen LogP contribution in [0.2, 0.25) is 0 Å². The molecule has 0 bridgehead atoms. The van der Waals surface area contributed by atoms with Gasteiger partial charge in [-0.3, -0.25) is 5.41 Å². The number of carbonyl (C=O) groups is 1. The van der Waals surface area contributed by atoms with Gasteiger partial charge in [-0.2, -0.15) is 0 Å². The van der Waals surface area contributed by atoms with Gasteiger partial charge in [0.25, 0.3) is 0 Å². The zero-order chi connectivity index (χ0) is 20.5. The van der Waals surface area contributed by atoms with Crippen molar-refractivity contribution in [3.63, 3.8) is 0 Å². The van der Waals surface area contributed by atoms with E-state index < -0.39 is 0 Å². The van der Waals surface area contributed by atoms with Gasteiger partial charge in [-0.05, 0) is 56.6 Å². The Kier molecular flexibility index (Phi) is 8.35. The molecule has 29 heavy (non-hydrogen) atoms. The highest BCUT2D eigenvalue weighted by Gasteiger charge is 2.25. The number of nitrogens with two attached hydrogens (primary N) is 1. The lowest BCUT2D eigenvalue weighted by atomic mass is 9.97. The van der Waals surface area contributed by atoms with Crippen molar-refractivity contribution in [2.45, 2.75) is 70.4 Å². The van der Waals surface area contributed by atoms with E-state index in [1.165, 1.54) is 37.7 Å². The molecule has 0 aromatic heterocycles. The summed E-state index contributed by atoms with van der Waals surface area (Å²) >= 11 is 0. The number of ether oxygens (including phenoxy) is 1. The molecule has 1 aliphatic carbocycles. The quantitative estimate of drug-likeness (QED) is 0.497. The molecule has 0 spiro atoms. The van der Waals surface area contributed by atoms with E-state index in [4.69, 9.17) is 15.9 Å². The van der Waals surface area contributed by atoms with Crippen molar-refractivity contribution in [1.82, 2.24) is 10.2 Å². The minimum atomic E-state index is -0.104. The monoisotopic (exact) mass is 400 g/mol. The van der Waals surface area contributed by atoms with E-state index in [0.717, 1.165) is 57.4 Å². The molecule has 160 valence electrons. The molecule has 1 saturated carbocycles. The Bertz CT molecular complexity index is 645. The SMILES string of the molecule is N=C(N)c1ccc(CNCC2CCN(C(=O)OC3CCCCCCC3)CC2)cc1. The van der Waals surface area contributed by atoms with Gasteiger partial charge in [-0.1, -0.05) is 43.5 Å². The number of piperidine rings is 1. The van der Waals surface area contributed by atoms with Gasteiger partial charge in [-0.25, -0.2) is 4.79 Å². The molecule has 0 atom stereocenters. The van der Waals surface area contributed by atoms with E-state index >= 15 is 0 Å². The molecule has 1 aromatic carbocycles. The number of likely N-dealkylation sites (tertiary alicyclic amines) is 1. The number of nitrogen functional groups attached to an aromatic ring is 1.